The van der Waals surface area contributed by atoms with E-state index in [0.717, 1.165) is 11.1 Å². The van der Waals surface area contributed by atoms with E-state index in [-0.39, 0.29) is 12.4 Å². The Hall–Kier alpha value is -2.80. The van der Waals surface area contributed by atoms with Crippen molar-refractivity contribution in [3.05, 3.63) is 99.3 Å². The zero-order valence-corrected chi connectivity index (χ0v) is 15.6. The van der Waals surface area contributed by atoms with Crippen molar-refractivity contribution in [2.24, 2.45) is 0 Å². The summed E-state index contributed by atoms with van der Waals surface area (Å²) < 4.78 is 18.9. The zero-order chi connectivity index (χ0) is 19.2. The molecule has 27 heavy (non-hydrogen) atoms. The first kappa shape index (κ1) is 19.0. The molecule has 0 atom stereocenters. The molecule has 3 aromatic rings. The molecule has 0 fully saturated rings. The molecule has 0 bridgehead atoms. The van der Waals surface area contributed by atoms with E-state index in [4.69, 9.17) is 27.9 Å². The smallest absolute Gasteiger partial charge is 0.138 e. The third kappa shape index (κ3) is 5.10. The minimum atomic E-state index is -0.311. The summed E-state index contributed by atoms with van der Waals surface area (Å²) in [5.41, 5.74) is 2.75. The van der Waals surface area contributed by atoms with E-state index in [1.807, 2.05) is 0 Å². The Balaban J connectivity index is 1.77. The lowest BCUT2D eigenvalue weighted by molar-refractivity contribution is 0.306. The number of ether oxygens (including phenoxy) is 1. The molecule has 0 unspecified atom stereocenters. The normalized spacial score (nSPS) is 11.1. The van der Waals surface area contributed by atoms with Gasteiger partial charge in [0.25, 0.3) is 0 Å². The number of nitriles is 1. The van der Waals surface area contributed by atoms with E-state index in [9.17, 15) is 9.65 Å². The maximum absolute atomic E-state index is 13.2. The average molecular weight is 398 g/mol. The van der Waals surface area contributed by atoms with Gasteiger partial charge in [0.05, 0.1) is 16.7 Å². The highest BCUT2D eigenvalue weighted by Crippen LogP contribution is 2.28. The predicted molar refractivity (Wildman–Crippen MR) is 107 cm³/mol. The van der Waals surface area contributed by atoms with Crippen molar-refractivity contribution in [2.45, 2.75) is 6.61 Å². The summed E-state index contributed by atoms with van der Waals surface area (Å²) in [6.45, 7) is 0.209. The van der Waals surface area contributed by atoms with Crippen molar-refractivity contribution in [1.82, 2.24) is 0 Å². The van der Waals surface area contributed by atoms with E-state index >= 15 is 0 Å². The lowest BCUT2D eigenvalue weighted by Gasteiger charge is -2.09. The van der Waals surface area contributed by atoms with Gasteiger partial charge < -0.3 is 4.74 Å². The quantitative estimate of drug-likeness (QED) is 0.351. The maximum Gasteiger partial charge on any atom is 0.138 e. The molecule has 0 spiro atoms. The molecule has 0 aliphatic rings. The lowest BCUT2D eigenvalue weighted by atomic mass is 10.0. The fourth-order valence-corrected chi connectivity index (χ4v) is 2.86. The molecule has 0 N–H and O–H groups in total. The van der Waals surface area contributed by atoms with Gasteiger partial charge in [0, 0.05) is 5.02 Å². The Morgan fingerprint density at radius 2 is 1.81 bits per heavy atom. The van der Waals surface area contributed by atoms with Crippen LogP contribution >= 0.6 is 23.2 Å². The van der Waals surface area contributed by atoms with Gasteiger partial charge in [-0.05, 0) is 59.2 Å². The first-order valence-corrected chi connectivity index (χ1v) is 8.85. The summed E-state index contributed by atoms with van der Waals surface area (Å²) >= 11 is 12.2. The van der Waals surface area contributed by atoms with E-state index in [1.54, 1.807) is 60.7 Å². The molecule has 0 heterocycles. The fraction of sp³-hybridized carbons (Fsp3) is 0.0455. The number of rotatable bonds is 5. The summed E-state index contributed by atoms with van der Waals surface area (Å²) in [5, 5.41) is 10.4. The molecule has 3 rings (SSSR count). The van der Waals surface area contributed by atoms with Gasteiger partial charge in [-0.3, -0.25) is 0 Å². The summed E-state index contributed by atoms with van der Waals surface area (Å²) in [4.78, 5) is 0. The first-order valence-electron chi connectivity index (χ1n) is 8.10. The molecule has 5 heteroatoms. The molecule has 0 amide bonds. The van der Waals surface area contributed by atoms with Crippen molar-refractivity contribution in [3.63, 3.8) is 0 Å². The van der Waals surface area contributed by atoms with Gasteiger partial charge in [0.2, 0.25) is 0 Å². The standard InChI is InChI=1S/C22H14Cl2FNO/c23-19-7-5-17(6-8-19)18(13-26)10-15-4-9-22(21(24)12-15)27-14-16-2-1-3-20(25)11-16/h1-12H,14H2/b18-10+. The summed E-state index contributed by atoms with van der Waals surface area (Å²) in [6.07, 6.45) is 1.74. The van der Waals surface area contributed by atoms with Crippen LogP contribution in [0.3, 0.4) is 0 Å². The number of hydrogen-bond donors (Lipinski definition) is 0. The van der Waals surface area contributed by atoms with Gasteiger partial charge in [-0.25, -0.2) is 4.39 Å². The molecule has 0 aliphatic heterocycles. The van der Waals surface area contributed by atoms with Crippen molar-refractivity contribution in [1.29, 1.82) is 5.26 Å². The molecular weight excluding hydrogens is 384 g/mol. The van der Waals surface area contributed by atoms with E-state index < -0.39 is 0 Å². The Kier molecular flexibility index (Phi) is 6.13. The second-order valence-electron chi connectivity index (χ2n) is 5.79. The predicted octanol–water partition coefficient (Wildman–Crippen LogP) is 6.78. The maximum atomic E-state index is 13.2. The van der Waals surface area contributed by atoms with Crippen molar-refractivity contribution < 1.29 is 9.13 Å². The van der Waals surface area contributed by atoms with Gasteiger partial charge in [0.15, 0.2) is 0 Å². The van der Waals surface area contributed by atoms with Gasteiger partial charge in [0.1, 0.15) is 18.2 Å². The van der Waals surface area contributed by atoms with Gasteiger partial charge in [-0.15, -0.1) is 0 Å². The van der Waals surface area contributed by atoms with Crippen LogP contribution in [-0.4, -0.2) is 0 Å². The van der Waals surface area contributed by atoms with Crippen LogP contribution < -0.4 is 4.74 Å². The second-order valence-corrected chi connectivity index (χ2v) is 6.63. The van der Waals surface area contributed by atoms with Crippen molar-refractivity contribution in [2.75, 3.05) is 0 Å². The molecule has 3 aromatic carbocycles. The Labute approximate surface area is 167 Å². The van der Waals surface area contributed by atoms with Gasteiger partial charge in [-0.2, -0.15) is 5.26 Å². The first-order chi connectivity index (χ1) is 13.0. The molecule has 0 aliphatic carbocycles. The second kappa shape index (κ2) is 8.73. The zero-order valence-electron chi connectivity index (χ0n) is 14.1. The number of allylic oxidation sites excluding steroid dienone is 1. The fourth-order valence-electron chi connectivity index (χ4n) is 2.49. The number of nitrogens with zero attached hydrogens (tertiary/aromatic N) is 1. The lowest BCUT2D eigenvalue weighted by Crippen LogP contribution is -1.96. The van der Waals surface area contributed by atoms with Crippen LogP contribution in [0, 0.1) is 17.1 Å². The van der Waals surface area contributed by atoms with Crippen LogP contribution in [-0.2, 0) is 6.61 Å². The van der Waals surface area contributed by atoms with Crippen LogP contribution in [0.15, 0.2) is 66.7 Å². The van der Waals surface area contributed by atoms with Crippen molar-refractivity contribution in [3.8, 4) is 11.8 Å². The minimum Gasteiger partial charge on any atom is -0.487 e. The SMILES string of the molecule is N#C/C(=C\c1ccc(OCc2cccc(F)c2)c(Cl)c1)c1ccc(Cl)cc1. The summed E-state index contributed by atoms with van der Waals surface area (Å²) in [7, 11) is 0. The van der Waals surface area contributed by atoms with Crippen LogP contribution in [0.4, 0.5) is 4.39 Å². The molecular formula is C22H14Cl2FNO. The third-order valence-corrected chi connectivity index (χ3v) is 4.37. The highest BCUT2D eigenvalue weighted by molar-refractivity contribution is 6.32. The van der Waals surface area contributed by atoms with Gasteiger partial charge >= 0.3 is 0 Å². The number of hydrogen-bond acceptors (Lipinski definition) is 2. The van der Waals surface area contributed by atoms with Crippen molar-refractivity contribution >= 4 is 34.9 Å². The third-order valence-electron chi connectivity index (χ3n) is 3.83. The Morgan fingerprint density at radius 3 is 2.48 bits per heavy atom. The summed E-state index contributed by atoms with van der Waals surface area (Å²) in [5.74, 6) is 0.178. The monoisotopic (exact) mass is 397 g/mol. The molecule has 2 nitrogen and oxygen atoms in total. The summed E-state index contributed by atoms with van der Waals surface area (Å²) in [6, 6.07) is 20.7. The molecule has 0 saturated heterocycles. The van der Waals surface area contributed by atoms with Crippen LogP contribution in [0.25, 0.3) is 11.6 Å². The average Bonchev–Trinajstić information content (AvgIpc) is 2.66. The highest BCUT2D eigenvalue weighted by Gasteiger charge is 2.06. The molecule has 0 radical (unpaired) electrons. The minimum absolute atomic E-state index is 0.209. The van der Waals surface area contributed by atoms with Gasteiger partial charge in [-0.1, -0.05) is 53.5 Å². The number of halogens is 3. The van der Waals surface area contributed by atoms with E-state index in [0.29, 0.717) is 26.9 Å². The van der Waals surface area contributed by atoms with Crippen LogP contribution in [0.1, 0.15) is 16.7 Å². The molecule has 134 valence electrons. The number of benzene rings is 3. The van der Waals surface area contributed by atoms with E-state index in [1.165, 1.54) is 12.1 Å². The largest absolute Gasteiger partial charge is 0.487 e. The van der Waals surface area contributed by atoms with Crippen LogP contribution in [0.5, 0.6) is 5.75 Å². The topological polar surface area (TPSA) is 33.0 Å². The molecule has 0 saturated carbocycles. The van der Waals surface area contributed by atoms with Crippen LogP contribution in [0.2, 0.25) is 10.0 Å². The Bertz CT molecular complexity index is 1020. The van der Waals surface area contributed by atoms with E-state index in [2.05, 4.69) is 6.07 Å². The molecule has 0 aromatic heterocycles. The Morgan fingerprint density at radius 1 is 1.04 bits per heavy atom. The highest BCUT2D eigenvalue weighted by atomic mass is 35.5.